The quantitative estimate of drug-likeness (QED) is 0.565. The summed E-state index contributed by atoms with van der Waals surface area (Å²) in [4.78, 5) is 20.6. The van der Waals surface area contributed by atoms with Crippen molar-refractivity contribution in [1.29, 1.82) is 0 Å². The maximum atomic E-state index is 10.5. The van der Waals surface area contributed by atoms with E-state index in [-0.39, 0.29) is 19.3 Å². The molecule has 0 heterocycles. The highest BCUT2D eigenvalue weighted by Gasteiger charge is 2.11. The van der Waals surface area contributed by atoms with Gasteiger partial charge in [-0.1, -0.05) is 0 Å². The summed E-state index contributed by atoms with van der Waals surface area (Å²) < 4.78 is 4.28. The van der Waals surface area contributed by atoms with Crippen LogP contribution in [0.3, 0.4) is 0 Å². The van der Waals surface area contributed by atoms with Gasteiger partial charge in [0, 0.05) is 6.42 Å². The van der Waals surface area contributed by atoms with Crippen molar-refractivity contribution in [3.05, 3.63) is 0 Å². The zero-order chi connectivity index (χ0) is 9.56. The van der Waals surface area contributed by atoms with E-state index in [1.54, 1.807) is 0 Å². The lowest BCUT2D eigenvalue weighted by Gasteiger charge is -2.06. The predicted octanol–water partition coefficient (Wildman–Crippen LogP) is -0.225. The van der Waals surface area contributed by atoms with E-state index in [0.717, 1.165) is 0 Å². The van der Waals surface area contributed by atoms with Gasteiger partial charge >= 0.3 is 11.9 Å². The van der Waals surface area contributed by atoms with Crippen LogP contribution in [0.25, 0.3) is 0 Å². The molecule has 0 fully saturated rings. The van der Waals surface area contributed by atoms with Crippen molar-refractivity contribution in [3.8, 4) is 0 Å². The summed E-state index contributed by atoms with van der Waals surface area (Å²) in [6.07, 6.45) is -1.14. The minimum absolute atomic E-state index is 0.0738. The van der Waals surface area contributed by atoms with E-state index in [4.69, 9.17) is 10.2 Å². The highest BCUT2D eigenvalue weighted by Crippen LogP contribution is 2.02. The molecule has 0 bridgehead atoms. The van der Waals surface area contributed by atoms with Crippen molar-refractivity contribution >= 4 is 11.9 Å². The summed E-state index contributed by atoms with van der Waals surface area (Å²) in [5, 5.41) is 17.3. The largest absolute Gasteiger partial charge is 0.481 e. The second kappa shape index (κ2) is 5.54. The number of ether oxygens (including phenoxy) is 1. The molecule has 2 N–H and O–H groups in total. The fraction of sp³-hybridized carbons (Fsp3) is 0.714. The zero-order valence-electron chi connectivity index (χ0n) is 6.82. The smallest absolute Gasteiger partial charge is 0.308 e. The van der Waals surface area contributed by atoms with Gasteiger partial charge in [0.05, 0.1) is 19.6 Å². The van der Waals surface area contributed by atoms with E-state index in [9.17, 15) is 9.59 Å². The van der Waals surface area contributed by atoms with Crippen molar-refractivity contribution in [2.24, 2.45) is 0 Å². The molecule has 5 nitrogen and oxygen atoms in total. The van der Waals surface area contributed by atoms with Crippen molar-refractivity contribution in [2.75, 3.05) is 7.11 Å². The number of esters is 1. The molecule has 12 heavy (non-hydrogen) atoms. The maximum absolute atomic E-state index is 10.5. The molecule has 0 rings (SSSR count). The second-order valence-electron chi connectivity index (χ2n) is 2.37. The van der Waals surface area contributed by atoms with E-state index < -0.39 is 18.0 Å². The molecule has 0 aliphatic rings. The Balaban J connectivity index is 3.52. The maximum Gasteiger partial charge on any atom is 0.308 e. The third-order valence-corrected chi connectivity index (χ3v) is 1.32. The van der Waals surface area contributed by atoms with Crippen LogP contribution in [0.1, 0.15) is 19.3 Å². The molecule has 0 saturated heterocycles. The summed E-state index contributed by atoms with van der Waals surface area (Å²) >= 11 is 0. The van der Waals surface area contributed by atoms with Crippen LogP contribution in [0.15, 0.2) is 0 Å². The monoisotopic (exact) mass is 176 g/mol. The lowest BCUT2D eigenvalue weighted by Crippen LogP contribution is -2.15. The van der Waals surface area contributed by atoms with Crippen LogP contribution in [0.5, 0.6) is 0 Å². The van der Waals surface area contributed by atoms with Crippen LogP contribution in [0.4, 0.5) is 0 Å². The second-order valence-corrected chi connectivity index (χ2v) is 2.37. The normalized spacial score (nSPS) is 12.2. The van der Waals surface area contributed by atoms with Crippen LogP contribution in [0.2, 0.25) is 0 Å². The topological polar surface area (TPSA) is 83.8 Å². The molecule has 70 valence electrons. The van der Waals surface area contributed by atoms with Gasteiger partial charge in [-0.2, -0.15) is 0 Å². The third-order valence-electron chi connectivity index (χ3n) is 1.32. The number of carboxylic acids is 1. The van der Waals surface area contributed by atoms with Crippen LogP contribution in [-0.2, 0) is 14.3 Å². The molecule has 0 radical (unpaired) electrons. The van der Waals surface area contributed by atoms with Crippen LogP contribution < -0.4 is 0 Å². The molecule has 0 aromatic carbocycles. The van der Waals surface area contributed by atoms with Crippen molar-refractivity contribution in [2.45, 2.75) is 25.4 Å². The molecule has 0 aliphatic heterocycles. The van der Waals surface area contributed by atoms with Gasteiger partial charge in [0.15, 0.2) is 0 Å². The number of aliphatic hydroxyl groups is 1. The zero-order valence-corrected chi connectivity index (χ0v) is 6.82. The minimum Gasteiger partial charge on any atom is -0.481 e. The van der Waals surface area contributed by atoms with E-state index >= 15 is 0 Å². The van der Waals surface area contributed by atoms with Gasteiger partial charge in [-0.3, -0.25) is 9.59 Å². The Morgan fingerprint density at radius 2 is 2.08 bits per heavy atom. The number of aliphatic hydroxyl groups excluding tert-OH is 1. The van der Waals surface area contributed by atoms with E-state index in [1.165, 1.54) is 7.11 Å². The molecule has 0 amide bonds. The van der Waals surface area contributed by atoms with E-state index in [2.05, 4.69) is 4.74 Å². The number of carboxylic acid groups (broad SMARTS) is 1. The molecule has 1 atom stereocenters. The first-order chi connectivity index (χ1) is 5.56. The predicted molar refractivity (Wildman–Crippen MR) is 39.5 cm³/mol. The summed E-state index contributed by atoms with van der Waals surface area (Å²) in [5.41, 5.74) is 0. The number of aliphatic carboxylic acids is 1. The molecule has 5 heteroatoms. The lowest BCUT2D eigenvalue weighted by molar-refractivity contribution is -0.144. The Labute approximate surface area is 70.0 Å². The van der Waals surface area contributed by atoms with Gasteiger partial charge in [0.1, 0.15) is 0 Å². The standard InChI is InChI=1S/C7H12O5/c1-12-7(11)4-5(8)2-3-6(9)10/h5,8H,2-4H2,1H3,(H,9,10). The van der Waals surface area contributed by atoms with Gasteiger partial charge in [0.2, 0.25) is 0 Å². The van der Waals surface area contributed by atoms with Crippen molar-refractivity contribution in [3.63, 3.8) is 0 Å². The van der Waals surface area contributed by atoms with Crippen LogP contribution >= 0.6 is 0 Å². The average molecular weight is 176 g/mol. The Hall–Kier alpha value is -1.10. The molecular formula is C7H12O5. The van der Waals surface area contributed by atoms with Crippen molar-refractivity contribution < 1.29 is 24.5 Å². The first-order valence-electron chi connectivity index (χ1n) is 3.53. The average Bonchev–Trinajstić information content (AvgIpc) is 2.00. The van der Waals surface area contributed by atoms with Gasteiger partial charge < -0.3 is 14.9 Å². The first kappa shape index (κ1) is 10.9. The fourth-order valence-corrected chi connectivity index (χ4v) is 0.668. The number of hydrogen-bond donors (Lipinski definition) is 2. The molecule has 0 aliphatic carbocycles. The number of methoxy groups -OCH3 is 1. The highest BCUT2D eigenvalue weighted by molar-refractivity contribution is 5.70. The summed E-state index contributed by atoms with van der Waals surface area (Å²) in [6.45, 7) is 0. The SMILES string of the molecule is COC(=O)CC(O)CCC(=O)O. The van der Waals surface area contributed by atoms with Gasteiger partial charge in [-0.25, -0.2) is 0 Å². The van der Waals surface area contributed by atoms with Gasteiger partial charge in [-0.15, -0.1) is 0 Å². The Kier molecular flexibility index (Phi) is 5.03. The summed E-state index contributed by atoms with van der Waals surface area (Å²) in [5.74, 6) is -1.52. The summed E-state index contributed by atoms with van der Waals surface area (Å²) in [7, 11) is 1.21. The van der Waals surface area contributed by atoms with Crippen LogP contribution in [-0.4, -0.2) is 35.4 Å². The summed E-state index contributed by atoms with van der Waals surface area (Å²) in [6, 6.07) is 0. The minimum atomic E-state index is -0.987. The van der Waals surface area contributed by atoms with Gasteiger partial charge in [0.25, 0.3) is 0 Å². The number of hydrogen-bond acceptors (Lipinski definition) is 4. The Morgan fingerprint density at radius 1 is 1.50 bits per heavy atom. The third kappa shape index (κ3) is 5.67. The number of carbonyl (C=O) groups excluding carboxylic acids is 1. The molecule has 0 aromatic heterocycles. The number of carbonyl (C=O) groups is 2. The lowest BCUT2D eigenvalue weighted by atomic mass is 10.1. The van der Waals surface area contributed by atoms with Crippen LogP contribution in [0, 0.1) is 0 Å². The number of rotatable bonds is 5. The van der Waals surface area contributed by atoms with E-state index in [0.29, 0.717) is 0 Å². The van der Waals surface area contributed by atoms with Crippen molar-refractivity contribution in [1.82, 2.24) is 0 Å². The first-order valence-corrected chi connectivity index (χ1v) is 3.53. The molecular weight excluding hydrogens is 164 g/mol. The molecule has 0 aromatic rings. The highest BCUT2D eigenvalue weighted by atomic mass is 16.5. The molecule has 0 saturated carbocycles. The van der Waals surface area contributed by atoms with Gasteiger partial charge in [-0.05, 0) is 6.42 Å². The van der Waals surface area contributed by atoms with E-state index in [1.807, 2.05) is 0 Å². The molecule has 1 unspecified atom stereocenters. The fourth-order valence-electron chi connectivity index (χ4n) is 0.668. The Bertz CT molecular complexity index is 165. The molecule has 0 spiro atoms. The Morgan fingerprint density at radius 3 is 2.50 bits per heavy atom.